The lowest BCUT2D eigenvalue weighted by Crippen LogP contribution is -2.65. The van der Waals surface area contributed by atoms with Gasteiger partial charge in [-0.1, -0.05) is 13.8 Å². The number of nitrogens with two attached hydrogens (primary N) is 4. The standard InChI is InChI=1S/C22H52N4O9Si4/c1-5-19-21-22-20(6-2)30-37(28-4,16-8-12-24)34-39(32-22,18-10-14-26)35-38(31-21,17-9-13-25)33-36(27-3,29-19)15-7-11-23/h19-22H,5-18,23-26H2,1-4H3. The van der Waals surface area contributed by atoms with Crippen molar-refractivity contribution >= 4 is 35.2 Å². The van der Waals surface area contributed by atoms with Crippen molar-refractivity contribution in [1.82, 2.24) is 0 Å². The highest BCUT2D eigenvalue weighted by atomic mass is 28.5. The number of hydrogen-bond donors (Lipinski definition) is 4. The van der Waals surface area contributed by atoms with Crippen molar-refractivity contribution in [3.05, 3.63) is 0 Å². The number of hydrogen-bond acceptors (Lipinski definition) is 13. The molecule has 0 saturated carbocycles. The van der Waals surface area contributed by atoms with Gasteiger partial charge in [0, 0.05) is 38.4 Å². The molecule has 3 fully saturated rings. The molecule has 8 N–H and O–H groups in total. The zero-order valence-corrected chi connectivity index (χ0v) is 28.2. The molecule has 39 heavy (non-hydrogen) atoms. The Balaban J connectivity index is 2.22. The normalized spacial score (nSPS) is 40.6. The Morgan fingerprint density at radius 3 is 1.21 bits per heavy atom. The molecule has 4 bridgehead atoms. The fourth-order valence-corrected chi connectivity index (χ4v) is 23.0. The Morgan fingerprint density at radius 1 is 0.538 bits per heavy atom. The monoisotopic (exact) mass is 628 g/mol. The summed E-state index contributed by atoms with van der Waals surface area (Å²) in [5.74, 6) is 0. The van der Waals surface area contributed by atoms with E-state index < -0.39 is 47.4 Å². The van der Waals surface area contributed by atoms with E-state index in [1.165, 1.54) is 0 Å². The van der Waals surface area contributed by atoms with Gasteiger partial charge >= 0.3 is 35.2 Å². The summed E-state index contributed by atoms with van der Waals surface area (Å²) >= 11 is 0. The van der Waals surface area contributed by atoms with Crippen LogP contribution in [0.2, 0.25) is 24.2 Å². The first-order valence-electron chi connectivity index (χ1n) is 14.5. The second-order valence-electron chi connectivity index (χ2n) is 10.3. The molecule has 0 aromatic rings. The van der Waals surface area contributed by atoms with Crippen molar-refractivity contribution < 1.29 is 38.9 Å². The molecule has 3 aliphatic heterocycles. The second kappa shape index (κ2) is 15.2. The maximum absolute atomic E-state index is 7.12. The Kier molecular flexibility index (Phi) is 13.2. The SMILES string of the molecule is CCC1O[Si](CCCN)(OC)O[Si]2(CCCN)OC1C1O[Si](CCCN)(O[Si](CCCN)(OC)OC1CC)O2. The second-order valence-corrected chi connectivity index (χ2v) is 22.0. The third kappa shape index (κ3) is 7.85. The summed E-state index contributed by atoms with van der Waals surface area (Å²) in [4.78, 5) is 0. The van der Waals surface area contributed by atoms with E-state index in [0.29, 0.717) is 88.9 Å². The zero-order chi connectivity index (χ0) is 28.6. The molecule has 0 aliphatic carbocycles. The molecule has 0 aromatic carbocycles. The predicted octanol–water partition coefficient (Wildman–Crippen LogP) is 0.881. The summed E-state index contributed by atoms with van der Waals surface area (Å²) in [6, 6.07) is 2.08. The molecule has 8 atom stereocenters. The van der Waals surface area contributed by atoms with Crippen molar-refractivity contribution in [3.63, 3.8) is 0 Å². The summed E-state index contributed by atoms with van der Waals surface area (Å²) in [6.45, 7) is 6.01. The summed E-state index contributed by atoms with van der Waals surface area (Å²) in [5, 5.41) is 0. The zero-order valence-electron chi connectivity index (χ0n) is 24.2. The van der Waals surface area contributed by atoms with E-state index in [2.05, 4.69) is 13.8 Å². The molecular weight excluding hydrogens is 577 g/mol. The van der Waals surface area contributed by atoms with Gasteiger partial charge < -0.3 is 61.8 Å². The van der Waals surface area contributed by atoms with E-state index in [-0.39, 0.29) is 12.2 Å². The first-order chi connectivity index (χ1) is 18.8. The molecule has 0 radical (unpaired) electrons. The van der Waals surface area contributed by atoms with Crippen LogP contribution in [-0.4, -0.2) is 100 Å². The molecule has 3 rings (SSSR count). The largest absolute Gasteiger partial charge is 0.493 e. The van der Waals surface area contributed by atoms with Crippen LogP contribution in [-0.2, 0) is 38.9 Å². The maximum Gasteiger partial charge on any atom is 0.493 e. The van der Waals surface area contributed by atoms with Crippen LogP contribution in [0.15, 0.2) is 0 Å². The first kappa shape index (κ1) is 33.8. The van der Waals surface area contributed by atoms with E-state index in [9.17, 15) is 0 Å². The topological polar surface area (TPSA) is 187 Å². The van der Waals surface area contributed by atoms with E-state index in [0.717, 1.165) is 0 Å². The van der Waals surface area contributed by atoms with Crippen molar-refractivity contribution in [1.29, 1.82) is 0 Å². The van der Waals surface area contributed by atoms with Crippen LogP contribution >= 0.6 is 0 Å². The Morgan fingerprint density at radius 2 is 0.897 bits per heavy atom. The van der Waals surface area contributed by atoms with Gasteiger partial charge in [0.25, 0.3) is 0 Å². The van der Waals surface area contributed by atoms with Crippen LogP contribution in [0.1, 0.15) is 52.4 Å². The summed E-state index contributed by atoms with van der Waals surface area (Å²) in [5.41, 5.74) is 23.8. The van der Waals surface area contributed by atoms with Gasteiger partial charge in [-0.3, -0.25) is 0 Å². The molecule has 17 heteroatoms. The van der Waals surface area contributed by atoms with E-state index in [1.54, 1.807) is 14.2 Å². The van der Waals surface area contributed by atoms with Gasteiger partial charge in [0.1, 0.15) is 12.2 Å². The molecule has 0 amide bonds. The minimum Gasteiger partial charge on any atom is -0.377 e. The Bertz CT molecular complexity index is 700. The fourth-order valence-electron chi connectivity index (χ4n) is 5.45. The van der Waals surface area contributed by atoms with Gasteiger partial charge in [0.05, 0.1) is 12.2 Å². The third-order valence-electron chi connectivity index (χ3n) is 7.46. The molecule has 0 spiro atoms. The van der Waals surface area contributed by atoms with E-state index in [4.69, 9.17) is 61.8 Å². The van der Waals surface area contributed by atoms with Crippen LogP contribution in [0.3, 0.4) is 0 Å². The predicted molar refractivity (Wildman–Crippen MR) is 154 cm³/mol. The quantitative estimate of drug-likeness (QED) is 0.177. The highest BCUT2D eigenvalue weighted by Gasteiger charge is 2.70. The minimum atomic E-state index is -3.55. The van der Waals surface area contributed by atoms with Crippen LogP contribution in [0.5, 0.6) is 0 Å². The molecule has 0 aromatic heterocycles. The van der Waals surface area contributed by atoms with E-state index >= 15 is 0 Å². The van der Waals surface area contributed by atoms with Crippen LogP contribution < -0.4 is 22.9 Å². The lowest BCUT2D eigenvalue weighted by Gasteiger charge is -2.41. The van der Waals surface area contributed by atoms with Crippen molar-refractivity contribution in [3.8, 4) is 0 Å². The summed E-state index contributed by atoms with van der Waals surface area (Å²) < 4.78 is 60.8. The van der Waals surface area contributed by atoms with Gasteiger partial charge in [-0.15, -0.1) is 0 Å². The average Bonchev–Trinajstić information content (AvgIpc) is 3.25. The van der Waals surface area contributed by atoms with Gasteiger partial charge in [-0.05, 0) is 64.7 Å². The van der Waals surface area contributed by atoms with Gasteiger partial charge in [0.15, 0.2) is 0 Å². The molecule has 3 heterocycles. The highest BCUT2D eigenvalue weighted by Crippen LogP contribution is 2.46. The number of rotatable bonds is 16. The van der Waals surface area contributed by atoms with Crippen LogP contribution in [0.25, 0.3) is 0 Å². The average molecular weight is 629 g/mol. The van der Waals surface area contributed by atoms with Gasteiger partial charge in [-0.2, -0.15) is 0 Å². The van der Waals surface area contributed by atoms with Crippen molar-refractivity contribution in [2.45, 2.75) is 101 Å². The Labute approximate surface area is 238 Å². The molecule has 3 aliphatic rings. The van der Waals surface area contributed by atoms with Crippen molar-refractivity contribution in [2.75, 3.05) is 40.4 Å². The molecule has 13 nitrogen and oxygen atoms in total. The molecule has 3 saturated heterocycles. The van der Waals surface area contributed by atoms with Crippen LogP contribution in [0, 0.1) is 0 Å². The van der Waals surface area contributed by atoms with Crippen LogP contribution in [0.4, 0.5) is 0 Å². The molecule has 8 unspecified atom stereocenters. The first-order valence-corrected chi connectivity index (χ1v) is 22.2. The smallest absolute Gasteiger partial charge is 0.377 e. The molecular formula is C22H52N4O9Si4. The Hall–Kier alpha value is 0.348. The number of fused-ring (bicyclic) bond motifs is 5. The lowest BCUT2D eigenvalue weighted by molar-refractivity contribution is -0.0774. The minimum absolute atomic E-state index is 0.368. The van der Waals surface area contributed by atoms with Gasteiger partial charge in [0.2, 0.25) is 0 Å². The highest BCUT2D eigenvalue weighted by molar-refractivity contribution is 6.84. The fraction of sp³-hybridized carbons (Fsp3) is 1.00. The summed E-state index contributed by atoms with van der Waals surface area (Å²) in [6.07, 6.45) is 2.21. The molecule has 230 valence electrons. The third-order valence-corrected chi connectivity index (χ3v) is 22.6. The lowest BCUT2D eigenvalue weighted by atomic mass is 10.00. The summed E-state index contributed by atoms with van der Waals surface area (Å²) in [7, 11) is -10.4. The van der Waals surface area contributed by atoms with Gasteiger partial charge in [-0.25, -0.2) is 0 Å². The maximum atomic E-state index is 7.12. The van der Waals surface area contributed by atoms with Crippen molar-refractivity contribution in [2.24, 2.45) is 22.9 Å². The van der Waals surface area contributed by atoms with E-state index in [1.807, 2.05) is 0 Å².